The Morgan fingerprint density at radius 3 is 2.47 bits per heavy atom. The van der Waals surface area contributed by atoms with E-state index in [4.69, 9.17) is 9.47 Å². The van der Waals surface area contributed by atoms with Crippen molar-refractivity contribution < 1.29 is 23.9 Å². The molecule has 38 heavy (non-hydrogen) atoms. The minimum atomic E-state index is -0.200. The number of rotatable bonds is 4. The lowest BCUT2D eigenvalue weighted by molar-refractivity contribution is -0.940. The van der Waals surface area contributed by atoms with Crippen LogP contribution in [0.5, 0.6) is 0 Å². The maximum absolute atomic E-state index is 12.8. The van der Waals surface area contributed by atoms with Crippen molar-refractivity contribution >= 4 is 5.97 Å². The Hall–Kier alpha value is -0.690. The third-order valence-corrected chi connectivity index (χ3v) is 13.3. The second-order valence-electron chi connectivity index (χ2n) is 15.0. The zero-order valence-corrected chi connectivity index (χ0v) is 24.7. The molecule has 0 bridgehead atoms. The number of aliphatic hydroxyl groups excluding tert-OH is 1. The zero-order valence-electron chi connectivity index (χ0n) is 24.7. The Morgan fingerprint density at radius 1 is 1.03 bits per heavy atom. The van der Waals surface area contributed by atoms with Crippen molar-refractivity contribution in [2.24, 2.45) is 34.5 Å². The monoisotopic (exact) mass is 531 g/mol. The van der Waals surface area contributed by atoms with E-state index in [0.29, 0.717) is 29.7 Å². The van der Waals surface area contributed by atoms with Crippen LogP contribution in [0.25, 0.3) is 0 Å². The van der Waals surface area contributed by atoms with Crippen LogP contribution >= 0.6 is 0 Å². The lowest BCUT2D eigenvalue weighted by Crippen LogP contribution is -2.61. The molecule has 1 N–H and O–H groups in total. The van der Waals surface area contributed by atoms with E-state index in [-0.39, 0.29) is 29.6 Å². The van der Waals surface area contributed by atoms with Gasteiger partial charge in [-0.1, -0.05) is 20.8 Å². The summed E-state index contributed by atoms with van der Waals surface area (Å²) in [7, 11) is 2.47. The third kappa shape index (κ3) is 4.39. The van der Waals surface area contributed by atoms with E-state index in [0.717, 1.165) is 55.5 Å². The van der Waals surface area contributed by atoms with Crippen LogP contribution in [-0.4, -0.2) is 91.2 Å². The molecule has 6 rings (SSSR count). The van der Waals surface area contributed by atoms with Gasteiger partial charge in [-0.3, -0.25) is 9.69 Å². The summed E-state index contributed by atoms with van der Waals surface area (Å²) in [6, 6.07) is 0.721. The highest BCUT2D eigenvalue weighted by Gasteiger charge is 2.67. The number of esters is 1. The lowest BCUT2D eigenvalue weighted by Gasteiger charge is -2.62. The smallest absolute Gasteiger partial charge is 0.306 e. The number of likely N-dealkylation sites (N-methyl/N-ethyl adjacent to an activating group) is 1. The number of nitrogens with zero attached hydrogens (tertiary/aromatic N) is 2. The zero-order chi connectivity index (χ0) is 26.7. The molecule has 0 radical (unpaired) electrons. The van der Waals surface area contributed by atoms with E-state index in [1.807, 2.05) is 6.92 Å². The molecule has 0 aromatic rings. The van der Waals surface area contributed by atoms with Gasteiger partial charge in [0.1, 0.15) is 6.04 Å². The van der Waals surface area contributed by atoms with Gasteiger partial charge in [0.05, 0.1) is 39.5 Å². The van der Waals surface area contributed by atoms with Crippen molar-refractivity contribution in [1.29, 1.82) is 0 Å². The van der Waals surface area contributed by atoms with Crippen LogP contribution in [-0.2, 0) is 14.3 Å². The number of hydrogen-bond donors (Lipinski definition) is 1. The molecule has 0 unspecified atom stereocenters. The molecule has 0 spiro atoms. The van der Waals surface area contributed by atoms with Crippen molar-refractivity contribution in [3.05, 3.63) is 0 Å². The first-order valence-electron chi connectivity index (χ1n) is 16.2. The second-order valence-corrected chi connectivity index (χ2v) is 15.0. The van der Waals surface area contributed by atoms with E-state index in [1.165, 1.54) is 64.5 Å². The summed E-state index contributed by atoms with van der Waals surface area (Å²) in [5, 5.41) is 11.3. The summed E-state index contributed by atoms with van der Waals surface area (Å²) < 4.78 is 13.2. The average molecular weight is 532 g/mol. The van der Waals surface area contributed by atoms with E-state index in [9.17, 15) is 9.90 Å². The maximum Gasteiger partial charge on any atom is 0.306 e. The summed E-state index contributed by atoms with van der Waals surface area (Å²) in [6.07, 6.45) is 12.6. The molecule has 0 aromatic heterocycles. The molecule has 6 fully saturated rings. The molecule has 216 valence electrons. The Kier molecular flexibility index (Phi) is 7.45. The number of likely N-dealkylation sites (tertiary alicyclic amines) is 1. The molecule has 2 heterocycles. The van der Waals surface area contributed by atoms with Crippen LogP contribution < -0.4 is 0 Å². The summed E-state index contributed by atoms with van der Waals surface area (Å²) >= 11 is 0. The number of morpholine rings is 1. The average Bonchev–Trinajstić information content (AvgIpc) is 3.22. The third-order valence-electron chi connectivity index (χ3n) is 13.3. The van der Waals surface area contributed by atoms with Crippen molar-refractivity contribution in [1.82, 2.24) is 4.90 Å². The van der Waals surface area contributed by atoms with Gasteiger partial charge in [-0.05, 0) is 86.9 Å². The number of ether oxygens (including phenoxy) is 2. The summed E-state index contributed by atoms with van der Waals surface area (Å²) in [6.45, 7) is 13.0. The van der Waals surface area contributed by atoms with Gasteiger partial charge in [-0.25, -0.2) is 0 Å². The first kappa shape index (κ1) is 27.5. The number of fused-ring (bicyclic) bond motifs is 5. The summed E-state index contributed by atoms with van der Waals surface area (Å²) in [4.78, 5) is 15.3. The molecular formula is C32H55N2O4+. The van der Waals surface area contributed by atoms with E-state index in [2.05, 4.69) is 25.8 Å². The Bertz CT molecular complexity index is 870. The highest BCUT2D eigenvalue weighted by molar-refractivity contribution is 5.69. The van der Waals surface area contributed by atoms with Gasteiger partial charge in [0.15, 0.2) is 6.10 Å². The predicted octanol–water partition coefficient (Wildman–Crippen LogP) is 4.63. The molecule has 6 nitrogen and oxygen atoms in total. The van der Waals surface area contributed by atoms with E-state index in [1.54, 1.807) is 0 Å². The highest BCUT2D eigenvalue weighted by atomic mass is 16.5. The highest BCUT2D eigenvalue weighted by Crippen LogP contribution is 2.67. The Morgan fingerprint density at radius 2 is 1.76 bits per heavy atom. The molecule has 6 aliphatic rings. The normalized spacial score (nSPS) is 49.0. The minimum absolute atomic E-state index is 0.00195. The minimum Gasteiger partial charge on any atom is -0.455 e. The largest absolute Gasteiger partial charge is 0.455 e. The van der Waals surface area contributed by atoms with Gasteiger partial charge in [-0.15, -0.1) is 0 Å². The molecule has 2 aliphatic heterocycles. The van der Waals surface area contributed by atoms with Crippen LogP contribution in [0.4, 0.5) is 0 Å². The molecule has 6 heteroatoms. The lowest BCUT2D eigenvalue weighted by atomic mass is 9.44. The molecule has 2 saturated heterocycles. The van der Waals surface area contributed by atoms with Crippen LogP contribution in [0.3, 0.4) is 0 Å². The number of hydrogen-bond acceptors (Lipinski definition) is 5. The predicted molar refractivity (Wildman–Crippen MR) is 148 cm³/mol. The first-order chi connectivity index (χ1) is 18.2. The van der Waals surface area contributed by atoms with E-state index < -0.39 is 0 Å². The van der Waals surface area contributed by atoms with Crippen molar-refractivity contribution in [3.8, 4) is 0 Å². The van der Waals surface area contributed by atoms with Gasteiger partial charge < -0.3 is 19.1 Å². The number of carbonyl (C=O) groups excluding carboxylic acids is 1. The fourth-order valence-corrected chi connectivity index (χ4v) is 11.1. The first-order valence-corrected chi connectivity index (χ1v) is 16.2. The molecule has 4 aliphatic carbocycles. The number of carbonyl (C=O) groups is 1. The van der Waals surface area contributed by atoms with Gasteiger partial charge >= 0.3 is 5.97 Å². The number of aliphatic hydroxyl groups is 1. The van der Waals surface area contributed by atoms with Crippen molar-refractivity contribution in [2.75, 3.05) is 46.4 Å². The molecule has 0 amide bonds. The fourth-order valence-electron chi connectivity index (χ4n) is 11.1. The number of piperidine rings is 1. The standard InChI is InChI=1S/C32H55N2O4/c1-5-29(36)38-30-27(34(4)15-7-6-8-16-34)20-25-23-10-9-22-19-28(35)26(33-13-17-37-18-14-33)21-32(22,3)24(23)11-12-31(25,30)2/h22-28,30,35H,5-21H2,1-4H3/q+1/t22-,23+,24-,25-,26+,27-,28-,30-,31-,32-/m0/s1. The Labute approximate surface area is 231 Å². The van der Waals surface area contributed by atoms with Gasteiger partial charge in [-0.2, -0.15) is 0 Å². The van der Waals surface area contributed by atoms with Crippen molar-refractivity contribution in [2.45, 2.75) is 116 Å². The van der Waals surface area contributed by atoms with Crippen LogP contribution in [0, 0.1) is 34.5 Å². The van der Waals surface area contributed by atoms with Crippen LogP contribution in [0.15, 0.2) is 0 Å². The van der Waals surface area contributed by atoms with Gasteiger partial charge in [0.2, 0.25) is 0 Å². The fraction of sp³-hybridized carbons (Fsp3) is 0.969. The SMILES string of the molecule is CCC(=O)O[C@H]1[C@@H]([N+]2(C)CCCCC2)C[C@H]2[C@@H]3CC[C@H]4C[C@H](O)[C@H](N5CCOCC5)C[C@]4(C)[C@H]3CC[C@@]21C. The van der Waals surface area contributed by atoms with Gasteiger partial charge in [0.25, 0.3) is 0 Å². The summed E-state index contributed by atoms with van der Waals surface area (Å²) in [5.41, 5.74) is 0.389. The van der Waals surface area contributed by atoms with Crippen LogP contribution in [0.1, 0.15) is 91.4 Å². The Balaban J connectivity index is 1.28. The molecule has 0 aromatic carbocycles. The second kappa shape index (κ2) is 10.3. The van der Waals surface area contributed by atoms with E-state index >= 15 is 0 Å². The number of quaternary nitrogens is 1. The van der Waals surface area contributed by atoms with Gasteiger partial charge in [0, 0.05) is 37.4 Å². The van der Waals surface area contributed by atoms with Crippen molar-refractivity contribution in [3.63, 3.8) is 0 Å². The quantitative estimate of drug-likeness (QED) is 0.423. The van der Waals surface area contributed by atoms with Crippen LogP contribution in [0.2, 0.25) is 0 Å². The molecule has 10 atom stereocenters. The molecule has 4 saturated carbocycles. The topological polar surface area (TPSA) is 59.0 Å². The summed E-state index contributed by atoms with van der Waals surface area (Å²) in [5.74, 6) is 2.73. The molecular weight excluding hydrogens is 476 g/mol. The maximum atomic E-state index is 12.8.